The first-order valence-corrected chi connectivity index (χ1v) is 16.1. The van der Waals surface area contributed by atoms with Crippen LogP contribution in [0, 0.1) is 0 Å². The topological polar surface area (TPSA) is 20.5 Å². The average Bonchev–Trinajstić information content (AvgIpc) is 3.65. The molecular weight excluding hydrogens is 567 g/mol. The minimum Gasteiger partial charge on any atom is -0.334 e. The Bertz CT molecular complexity index is 2430. The van der Waals surface area contributed by atoms with Gasteiger partial charge < -0.3 is 4.90 Å². The summed E-state index contributed by atoms with van der Waals surface area (Å²) in [4.78, 5) is 7.77. The number of aliphatic imine (C=N–C) groups is 1. The molecule has 1 aliphatic rings. The van der Waals surface area contributed by atoms with Gasteiger partial charge in [0.25, 0.3) is 0 Å². The van der Waals surface area contributed by atoms with Crippen LogP contribution < -0.4 is 0 Å². The van der Waals surface area contributed by atoms with E-state index in [2.05, 4.69) is 168 Å². The Morgan fingerprint density at radius 2 is 1.24 bits per heavy atom. The van der Waals surface area contributed by atoms with Crippen molar-refractivity contribution in [3.05, 3.63) is 163 Å². The molecule has 45 heavy (non-hydrogen) atoms. The Labute approximate surface area is 265 Å². The van der Waals surface area contributed by atoms with Gasteiger partial charge in [-0.15, -0.1) is 11.3 Å². The lowest BCUT2D eigenvalue weighted by atomic mass is 10.0. The molecule has 0 spiro atoms. The van der Waals surface area contributed by atoms with Crippen LogP contribution in [0.5, 0.6) is 0 Å². The van der Waals surface area contributed by atoms with Crippen molar-refractivity contribution < 1.29 is 0 Å². The predicted molar refractivity (Wildman–Crippen MR) is 192 cm³/mol. The van der Waals surface area contributed by atoms with Crippen LogP contribution in [0.1, 0.15) is 17.2 Å². The van der Waals surface area contributed by atoms with Crippen LogP contribution in [-0.2, 0) is 0 Å². The van der Waals surface area contributed by atoms with Gasteiger partial charge in [0.15, 0.2) is 0 Å². The highest BCUT2D eigenvalue weighted by atomic mass is 32.1. The summed E-state index contributed by atoms with van der Waals surface area (Å²) >= 11 is 1.88. The Balaban J connectivity index is 1.38. The average molecular weight is 596 g/mol. The smallest absolute Gasteiger partial charge is 0.211 e. The molecule has 3 nitrogen and oxygen atoms in total. The number of thiophene rings is 1. The normalized spacial score (nSPS) is 15.2. The molecule has 0 aliphatic carbocycles. The molecule has 1 unspecified atom stereocenters. The standard InChI is InChI=1S/C41H29N3S/c1-43-36(29-17-9-4-10-18-29)26-34(28-15-7-3-8-16-28)42-41(43)44-35-24-23-32-31-19-11-12-20-38(31)45-40(32)39(35)33-22-21-30(25-37(33)44)27-13-5-2-6-14-27/h2-26,36H,1H3. The lowest BCUT2D eigenvalue weighted by molar-refractivity contribution is 0.422. The second-order valence-electron chi connectivity index (χ2n) is 11.7. The number of nitrogens with zero attached hydrogens (tertiary/aromatic N) is 3. The molecule has 0 N–H and O–H groups in total. The molecule has 8 aromatic rings. The molecule has 9 rings (SSSR count). The summed E-state index contributed by atoms with van der Waals surface area (Å²) in [6.07, 6.45) is 2.29. The van der Waals surface area contributed by atoms with Gasteiger partial charge in [0, 0.05) is 43.6 Å². The van der Waals surface area contributed by atoms with Crippen molar-refractivity contribution in [2.24, 2.45) is 4.99 Å². The maximum absolute atomic E-state index is 5.45. The molecule has 4 heteroatoms. The summed E-state index contributed by atoms with van der Waals surface area (Å²) in [7, 11) is 2.17. The van der Waals surface area contributed by atoms with Crippen molar-refractivity contribution in [3.8, 4) is 11.1 Å². The molecular formula is C41H29N3S. The molecule has 1 atom stereocenters. The summed E-state index contributed by atoms with van der Waals surface area (Å²) in [6.45, 7) is 0. The number of fused-ring (bicyclic) bond motifs is 7. The molecule has 0 fully saturated rings. The van der Waals surface area contributed by atoms with Gasteiger partial charge in [-0.3, -0.25) is 4.57 Å². The van der Waals surface area contributed by atoms with E-state index in [1.165, 1.54) is 53.2 Å². The predicted octanol–water partition coefficient (Wildman–Crippen LogP) is 10.8. The highest BCUT2D eigenvalue weighted by molar-refractivity contribution is 7.26. The van der Waals surface area contributed by atoms with Crippen LogP contribution in [0.15, 0.2) is 157 Å². The summed E-state index contributed by atoms with van der Waals surface area (Å²) in [6, 6.07) is 52.2. The first-order valence-electron chi connectivity index (χ1n) is 15.3. The Morgan fingerprint density at radius 1 is 0.578 bits per heavy atom. The monoisotopic (exact) mass is 595 g/mol. The molecule has 214 valence electrons. The molecule has 2 aromatic heterocycles. The quantitative estimate of drug-likeness (QED) is 0.199. The lowest BCUT2D eigenvalue weighted by Gasteiger charge is -2.34. The van der Waals surface area contributed by atoms with E-state index in [-0.39, 0.29) is 6.04 Å². The van der Waals surface area contributed by atoms with Gasteiger partial charge in [-0.05, 0) is 41.0 Å². The highest BCUT2D eigenvalue weighted by Crippen LogP contribution is 2.44. The number of aromatic nitrogens is 1. The molecule has 6 aromatic carbocycles. The lowest BCUT2D eigenvalue weighted by Crippen LogP contribution is -2.37. The van der Waals surface area contributed by atoms with Crippen molar-refractivity contribution in [1.82, 2.24) is 9.47 Å². The number of hydrogen-bond donors (Lipinski definition) is 0. The molecule has 0 radical (unpaired) electrons. The second kappa shape index (κ2) is 10.3. The zero-order chi connectivity index (χ0) is 29.9. The molecule has 3 heterocycles. The number of rotatable bonds is 3. The summed E-state index contributed by atoms with van der Waals surface area (Å²) in [5.41, 5.74) is 8.05. The van der Waals surface area contributed by atoms with Gasteiger partial charge in [0.1, 0.15) is 0 Å². The highest BCUT2D eigenvalue weighted by Gasteiger charge is 2.29. The van der Waals surface area contributed by atoms with Gasteiger partial charge >= 0.3 is 0 Å². The molecule has 0 bridgehead atoms. The Hall–Kier alpha value is -5.45. The maximum atomic E-state index is 5.45. The van der Waals surface area contributed by atoms with Gasteiger partial charge in [-0.1, -0.05) is 127 Å². The third-order valence-electron chi connectivity index (χ3n) is 9.06. The van der Waals surface area contributed by atoms with E-state index in [4.69, 9.17) is 4.99 Å². The second-order valence-corrected chi connectivity index (χ2v) is 12.7. The largest absolute Gasteiger partial charge is 0.334 e. The van der Waals surface area contributed by atoms with Crippen LogP contribution >= 0.6 is 11.3 Å². The van der Waals surface area contributed by atoms with Crippen LogP contribution in [0.3, 0.4) is 0 Å². The zero-order valence-corrected chi connectivity index (χ0v) is 25.6. The van der Waals surface area contributed by atoms with E-state index in [1.807, 2.05) is 11.3 Å². The fraction of sp³-hybridized carbons (Fsp3) is 0.0488. The summed E-state index contributed by atoms with van der Waals surface area (Å²) in [5.74, 6) is 0.913. The SMILES string of the molecule is CN1C(n2c3cc(-c4ccccc4)ccc3c3c4sc5ccccc5c4ccc32)=NC(c2ccccc2)=CC1c1ccccc1. The maximum Gasteiger partial charge on any atom is 0.211 e. The molecule has 0 amide bonds. The number of hydrogen-bond acceptors (Lipinski definition) is 3. The van der Waals surface area contributed by atoms with Crippen molar-refractivity contribution in [2.45, 2.75) is 6.04 Å². The van der Waals surface area contributed by atoms with Crippen LogP contribution in [0.25, 0.3) is 58.8 Å². The number of benzene rings is 6. The van der Waals surface area contributed by atoms with E-state index in [9.17, 15) is 0 Å². The van der Waals surface area contributed by atoms with Crippen LogP contribution in [0.2, 0.25) is 0 Å². The van der Waals surface area contributed by atoms with Gasteiger partial charge in [-0.2, -0.15) is 0 Å². The first kappa shape index (κ1) is 26.0. The van der Waals surface area contributed by atoms with Crippen molar-refractivity contribution in [3.63, 3.8) is 0 Å². The molecule has 1 aliphatic heterocycles. The van der Waals surface area contributed by atoms with Gasteiger partial charge in [0.2, 0.25) is 5.96 Å². The third-order valence-corrected chi connectivity index (χ3v) is 10.3. The van der Waals surface area contributed by atoms with Crippen molar-refractivity contribution in [2.75, 3.05) is 7.05 Å². The van der Waals surface area contributed by atoms with E-state index in [0.29, 0.717) is 0 Å². The molecule has 0 saturated carbocycles. The number of likely N-dealkylation sites (N-methyl/N-ethyl adjacent to an activating group) is 1. The van der Waals surface area contributed by atoms with E-state index < -0.39 is 0 Å². The van der Waals surface area contributed by atoms with Crippen LogP contribution in [-0.4, -0.2) is 22.5 Å². The van der Waals surface area contributed by atoms with Gasteiger partial charge in [-0.25, -0.2) is 4.99 Å². The van der Waals surface area contributed by atoms with Crippen molar-refractivity contribution in [1.29, 1.82) is 0 Å². The van der Waals surface area contributed by atoms with Crippen molar-refractivity contribution >= 4 is 65.0 Å². The summed E-state index contributed by atoms with van der Waals surface area (Å²) in [5, 5.41) is 5.14. The summed E-state index contributed by atoms with van der Waals surface area (Å²) < 4.78 is 5.03. The fourth-order valence-electron chi connectivity index (χ4n) is 6.87. The Kier molecular flexibility index (Phi) is 5.97. The van der Waals surface area contributed by atoms with Gasteiger partial charge in [0.05, 0.1) is 22.8 Å². The third kappa shape index (κ3) is 4.14. The first-order chi connectivity index (χ1) is 22.2. The fourth-order valence-corrected chi connectivity index (χ4v) is 8.12. The Morgan fingerprint density at radius 3 is 2.02 bits per heavy atom. The minimum atomic E-state index is 0.0202. The van der Waals surface area contributed by atoms with E-state index in [1.54, 1.807) is 0 Å². The van der Waals surface area contributed by atoms with E-state index >= 15 is 0 Å². The zero-order valence-electron chi connectivity index (χ0n) is 24.8. The van der Waals surface area contributed by atoms with E-state index in [0.717, 1.165) is 22.7 Å². The molecule has 0 saturated heterocycles. The van der Waals surface area contributed by atoms with Crippen LogP contribution in [0.4, 0.5) is 0 Å². The minimum absolute atomic E-state index is 0.0202.